The quantitative estimate of drug-likeness (QED) is 0.757. The second-order valence-electron chi connectivity index (χ2n) is 4.46. The van der Waals surface area contributed by atoms with E-state index in [1.165, 1.54) is 0 Å². The van der Waals surface area contributed by atoms with Crippen LogP contribution in [0, 0.1) is 13.8 Å². The number of carbonyl (C=O) groups excluding carboxylic acids is 1. The van der Waals surface area contributed by atoms with Crippen molar-refractivity contribution in [3.63, 3.8) is 0 Å². The minimum atomic E-state index is -1.07. The normalized spacial score (nSPS) is 10.5. The highest BCUT2D eigenvalue weighted by Gasteiger charge is 2.21. The summed E-state index contributed by atoms with van der Waals surface area (Å²) in [5.41, 5.74) is 1.45. The molecule has 0 fully saturated rings. The minimum Gasteiger partial charge on any atom is -0.477 e. The molecule has 0 aliphatic heterocycles. The molecule has 0 bridgehead atoms. The van der Waals surface area contributed by atoms with Gasteiger partial charge in [-0.3, -0.25) is 9.48 Å². The van der Waals surface area contributed by atoms with Crippen LogP contribution in [0.2, 0.25) is 0 Å². The van der Waals surface area contributed by atoms with Gasteiger partial charge >= 0.3 is 5.97 Å². The summed E-state index contributed by atoms with van der Waals surface area (Å²) >= 11 is 0. The number of carbonyl (C=O) groups is 2. The number of aromatic nitrogens is 3. The van der Waals surface area contributed by atoms with Gasteiger partial charge in [0.05, 0.1) is 12.1 Å². The largest absolute Gasteiger partial charge is 0.477 e. The van der Waals surface area contributed by atoms with Gasteiger partial charge in [-0.05, 0) is 25.5 Å². The van der Waals surface area contributed by atoms with Gasteiger partial charge in [-0.2, -0.15) is 5.10 Å². The molecule has 2 aromatic heterocycles. The highest BCUT2D eigenvalue weighted by Crippen LogP contribution is 2.17. The average Bonchev–Trinajstić information content (AvgIpc) is 2.97. The third-order valence-electron chi connectivity index (χ3n) is 3.06. The minimum absolute atomic E-state index is 0.0553. The first-order valence-corrected chi connectivity index (χ1v) is 6.18. The van der Waals surface area contributed by atoms with Crippen LogP contribution < -0.4 is 5.32 Å². The number of nitrogens with one attached hydrogen (secondary N) is 2. The molecule has 0 aliphatic rings. The number of carboxylic acids is 1. The molecule has 2 rings (SSSR count). The second kappa shape index (κ2) is 5.60. The number of hydrogen-bond donors (Lipinski definition) is 3. The van der Waals surface area contributed by atoms with Gasteiger partial charge in [-0.25, -0.2) is 4.79 Å². The summed E-state index contributed by atoms with van der Waals surface area (Å²) in [7, 11) is 0. The summed E-state index contributed by atoms with van der Waals surface area (Å²) in [5.74, 6) is -1.35. The Morgan fingerprint density at radius 2 is 2.20 bits per heavy atom. The first-order valence-electron chi connectivity index (χ1n) is 6.18. The van der Waals surface area contributed by atoms with Crippen LogP contribution in [-0.4, -0.2) is 38.3 Å². The molecule has 0 spiro atoms. The maximum Gasteiger partial charge on any atom is 0.352 e. The van der Waals surface area contributed by atoms with E-state index in [-0.39, 0.29) is 11.6 Å². The van der Waals surface area contributed by atoms with Crippen molar-refractivity contribution in [2.75, 3.05) is 6.54 Å². The molecule has 3 N–H and O–H groups in total. The van der Waals surface area contributed by atoms with Crippen molar-refractivity contribution in [1.82, 2.24) is 20.1 Å². The molecule has 7 heteroatoms. The fourth-order valence-corrected chi connectivity index (χ4v) is 2.11. The molecule has 1 amide bonds. The summed E-state index contributed by atoms with van der Waals surface area (Å²) in [5, 5.41) is 15.8. The highest BCUT2D eigenvalue weighted by atomic mass is 16.4. The molecular formula is C13H16N4O3. The third kappa shape index (κ3) is 2.71. The van der Waals surface area contributed by atoms with Crippen LogP contribution in [-0.2, 0) is 6.54 Å². The Kier molecular flexibility index (Phi) is 3.88. The predicted molar refractivity (Wildman–Crippen MR) is 71.8 cm³/mol. The Labute approximate surface area is 115 Å². The SMILES string of the molecule is Cc1[nH]c(C(=O)O)c(C)c1C(=O)NCCn1cccn1. The Balaban J connectivity index is 2.04. The van der Waals surface area contributed by atoms with Crippen molar-refractivity contribution in [2.24, 2.45) is 0 Å². The molecule has 0 saturated carbocycles. The van der Waals surface area contributed by atoms with Crippen molar-refractivity contribution < 1.29 is 14.7 Å². The molecule has 7 nitrogen and oxygen atoms in total. The third-order valence-corrected chi connectivity index (χ3v) is 3.06. The smallest absolute Gasteiger partial charge is 0.352 e. The second-order valence-corrected chi connectivity index (χ2v) is 4.46. The van der Waals surface area contributed by atoms with E-state index < -0.39 is 5.97 Å². The van der Waals surface area contributed by atoms with E-state index in [9.17, 15) is 9.59 Å². The number of rotatable bonds is 5. The molecule has 2 heterocycles. The van der Waals surface area contributed by atoms with Crippen molar-refractivity contribution in [3.8, 4) is 0 Å². The summed E-state index contributed by atoms with van der Waals surface area (Å²) in [6, 6.07) is 1.81. The summed E-state index contributed by atoms with van der Waals surface area (Å²) in [6.07, 6.45) is 3.48. The number of aryl methyl sites for hydroxylation is 1. The first-order chi connectivity index (χ1) is 9.50. The van der Waals surface area contributed by atoms with Crippen molar-refractivity contribution in [3.05, 3.63) is 41.0 Å². The molecular weight excluding hydrogens is 260 g/mol. The van der Waals surface area contributed by atoms with E-state index >= 15 is 0 Å². The number of hydrogen-bond acceptors (Lipinski definition) is 3. The fraction of sp³-hybridized carbons (Fsp3) is 0.308. The molecule has 0 radical (unpaired) electrons. The van der Waals surface area contributed by atoms with E-state index in [2.05, 4.69) is 15.4 Å². The van der Waals surface area contributed by atoms with Gasteiger partial charge in [0.1, 0.15) is 5.69 Å². The average molecular weight is 276 g/mol. The Hall–Kier alpha value is -2.57. The maximum absolute atomic E-state index is 12.1. The van der Waals surface area contributed by atoms with Crippen LogP contribution in [0.4, 0.5) is 0 Å². The zero-order valence-electron chi connectivity index (χ0n) is 11.3. The summed E-state index contributed by atoms with van der Waals surface area (Å²) in [6.45, 7) is 4.29. The van der Waals surface area contributed by atoms with E-state index in [4.69, 9.17) is 5.11 Å². The molecule has 0 atom stereocenters. The van der Waals surface area contributed by atoms with Gasteiger partial charge in [-0.15, -0.1) is 0 Å². The van der Waals surface area contributed by atoms with E-state index in [1.807, 2.05) is 6.20 Å². The van der Waals surface area contributed by atoms with E-state index in [0.29, 0.717) is 29.9 Å². The summed E-state index contributed by atoms with van der Waals surface area (Å²) < 4.78 is 1.71. The molecule has 0 aromatic carbocycles. The lowest BCUT2D eigenvalue weighted by Gasteiger charge is -2.06. The van der Waals surface area contributed by atoms with Crippen LogP contribution in [0.3, 0.4) is 0 Å². The maximum atomic E-state index is 12.1. The zero-order valence-corrected chi connectivity index (χ0v) is 11.3. The number of aromatic amines is 1. The Bertz CT molecular complexity index is 628. The number of H-pyrrole nitrogens is 1. The van der Waals surface area contributed by atoms with Crippen molar-refractivity contribution in [1.29, 1.82) is 0 Å². The molecule has 0 saturated heterocycles. The monoisotopic (exact) mass is 276 g/mol. The lowest BCUT2D eigenvalue weighted by Crippen LogP contribution is -2.28. The number of carboxylic acid groups (broad SMARTS) is 1. The number of amides is 1. The van der Waals surface area contributed by atoms with E-state index in [1.54, 1.807) is 30.8 Å². The number of aromatic carboxylic acids is 1. The van der Waals surface area contributed by atoms with Crippen LogP contribution in [0.25, 0.3) is 0 Å². The van der Waals surface area contributed by atoms with Crippen LogP contribution >= 0.6 is 0 Å². The van der Waals surface area contributed by atoms with Crippen LogP contribution in [0.1, 0.15) is 32.1 Å². The first kappa shape index (κ1) is 13.9. The van der Waals surface area contributed by atoms with Crippen LogP contribution in [0.15, 0.2) is 18.5 Å². The standard InChI is InChI=1S/C13H16N4O3/c1-8-10(9(2)16-11(8)13(19)20)12(18)14-5-7-17-6-3-4-15-17/h3-4,6,16H,5,7H2,1-2H3,(H,14,18)(H,19,20). The predicted octanol–water partition coefficient (Wildman–Crippen LogP) is 0.956. The molecule has 2 aromatic rings. The zero-order chi connectivity index (χ0) is 14.7. The Morgan fingerprint density at radius 1 is 1.45 bits per heavy atom. The van der Waals surface area contributed by atoms with Gasteiger partial charge < -0.3 is 15.4 Å². The molecule has 106 valence electrons. The van der Waals surface area contributed by atoms with Gasteiger partial charge in [0.2, 0.25) is 0 Å². The van der Waals surface area contributed by atoms with Gasteiger partial charge in [-0.1, -0.05) is 0 Å². The number of nitrogens with zero attached hydrogens (tertiary/aromatic N) is 2. The van der Waals surface area contributed by atoms with Gasteiger partial charge in [0, 0.05) is 24.6 Å². The van der Waals surface area contributed by atoms with Crippen LogP contribution in [0.5, 0.6) is 0 Å². The fourth-order valence-electron chi connectivity index (χ4n) is 2.11. The van der Waals surface area contributed by atoms with E-state index in [0.717, 1.165) is 0 Å². The van der Waals surface area contributed by atoms with Gasteiger partial charge in [0.25, 0.3) is 5.91 Å². The molecule has 0 unspecified atom stereocenters. The highest BCUT2D eigenvalue weighted by molar-refractivity contribution is 6.00. The molecule has 20 heavy (non-hydrogen) atoms. The van der Waals surface area contributed by atoms with Crippen molar-refractivity contribution in [2.45, 2.75) is 20.4 Å². The lowest BCUT2D eigenvalue weighted by molar-refractivity contribution is 0.0690. The lowest BCUT2D eigenvalue weighted by atomic mass is 10.1. The molecule has 0 aliphatic carbocycles. The van der Waals surface area contributed by atoms with Gasteiger partial charge in [0.15, 0.2) is 0 Å². The van der Waals surface area contributed by atoms with Crippen molar-refractivity contribution >= 4 is 11.9 Å². The summed E-state index contributed by atoms with van der Waals surface area (Å²) in [4.78, 5) is 25.8. The Morgan fingerprint density at radius 3 is 2.75 bits per heavy atom. The topological polar surface area (TPSA) is 100 Å².